The Labute approximate surface area is 204 Å². The predicted octanol–water partition coefficient (Wildman–Crippen LogP) is 6.16. The minimum atomic E-state index is -4.65. The van der Waals surface area contributed by atoms with E-state index in [0.717, 1.165) is 16.3 Å². The third-order valence-corrected chi connectivity index (χ3v) is 6.55. The number of aromatic nitrogens is 5. The monoisotopic (exact) mass is 507 g/mol. The molecule has 0 saturated carbocycles. The highest BCUT2D eigenvalue weighted by Gasteiger charge is 2.38. The van der Waals surface area contributed by atoms with Crippen LogP contribution in [0.3, 0.4) is 0 Å². The van der Waals surface area contributed by atoms with Crippen LogP contribution >= 0.6 is 0 Å². The second kappa shape index (κ2) is 10.4. The molecule has 0 atom stereocenters. The Hall–Kier alpha value is -2.79. The highest BCUT2D eigenvalue weighted by atomic mass is 28.3. The molecule has 0 unspecified atom stereocenters. The number of hydrogen-bond donors (Lipinski definition) is 0. The molecular formula is C24H32F3N5O2Si. The Morgan fingerprint density at radius 1 is 0.943 bits per heavy atom. The molecule has 3 heterocycles. The van der Waals surface area contributed by atoms with Gasteiger partial charge >= 0.3 is 6.18 Å². The summed E-state index contributed by atoms with van der Waals surface area (Å²) in [5.74, 6) is -0.643. The molecule has 0 aliphatic heterocycles. The van der Waals surface area contributed by atoms with Gasteiger partial charge in [0.1, 0.15) is 6.73 Å². The molecule has 0 aliphatic rings. The maximum atomic E-state index is 13.5. The summed E-state index contributed by atoms with van der Waals surface area (Å²) < 4.78 is 52.4. The number of nitrogens with zero attached hydrogens (tertiary/aromatic N) is 5. The molecule has 3 rings (SSSR count). The van der Waals surface area contributed by atoms with E-state index in [0.29, 0.717) is 30.4 Å². The summed E-state index contributed by atoms with van der Waals surface area (Å²) in [7, 11) is -1.35. The Kier molecular flexibility index (Phi) is 8.00. The molecule has 0 spiro atoms. The molecule has 0 N–H and O–H groups in total. The van der Waals surface area contributed by atoms with E-state index < -0.39 is 20.1 Å². The maximum Gasteiger partial charge on any atom is 0.451 e. The molecule has 7 nitrogen and oxygen atoms in total. The van der Waals surface area contributed by atoms with Crippen molar-refractivity contribution in [3.05, 3.63) is 42.5 Å². The number of pyridine rings is 2. The second-order valence-electron chi connectivity index (χ2n) is 10.8. The van der Waals surface area contributed by atoms with E-state index in [1.807, 2.05) is 6.07 Å². The average Bonchev–Trinajstić information content (AvgIpc) is 3.20. The van der Waals surface area contributed by atoms with E-state index in [1.165, 1.54) is 6.20 Å². The van der Waals surface area contributed by atoms with Gasteiger partial charge in [0, 0.05) is 44.3 Å². The topological polar surface area (TPSA) is 75.0 Å². The van der Waals surface area contributed by atoms with Crippen LogP contribution in [0.5, 0.6) is 5.88 Å². The summed E-state index contributed by atoms with van der Waals surface area (Å²) >= 11 is 0. The minimum Gasteiger partial charge on any atom is -0.477 e. The van der Waals surface area contributed by atoms with E-state index in [2.05, 4.69) is 60.5 Å². The first-order chi connectivity index (χ1) is 16.2. The molecule has 0 bridgehead atoms. The van der Waals surface area contributed by atoms with Gasteiger partial charge in [-0.25, -0.2) is 14.6 Å². The van der Waals surface area contributed by atoms with Gasteiger partial charge in [-0.2, -0.15) is 13.2 Å². The standard InChI is InChI=1S/C24H32F3N5O2Si/c1-23(2,3)15-34-20-10-8-17(13-29-20)19-9-7-18(14-28-19)21-30-22(24(25,26)27)32(31-21)16-33-11-12-35(4,5)6/h7-10,13-14H,11-12,15-16H2,1-6H3. The minimum absolute atomic E-state index is 0.0187. The van der Waals surface area contributed by atoms with Gasteiger partial charge in [0.2, 0.25) is 11.7 Å². The fourth-order valence-electron chi connectivity index (χ4n) is 2.90. The lowest BCUT2D eigenvalue weighted by Gasteiger charge is -2.18. The van der Waals surface area contributed by atoms with Crippen molar-refractivity contribution in [1.29, 1.82) is 0 Å². The van der Waals surface area contributed by atoms with Crippen LogP contribution in [0.2, 0.25) is 25.7 Å². The molecule has 3 aromatic heterocycles. The second-order valence-corrected chi connectivity index (χ2v) is 16.4. The van der Waals surface area contributed by atoms with Crippen molar-refractivity contribution in [2.45, 2.75) is 59.4 Å². The SMILES string of the molecule is CC(C)(C)COc1ccc(-c2ccc(-c3nc(C(F)(F)F)n(COCC[Si](C)(C)C)n3)cn2)cn1. The van der Waals surface area contributed by atoms with Gasteiger partial charge in [0.25, 0.3) is 0 Å². The lowest BCUT2D eigenvalue weighted by atomic mass is 9.99. The lowest BCUT2D eigenvalue weighted by molar-refractivity contribution is -0.150. The molecule has 0 amide bonds. The van der Waals surface area contributed by atoms with Gasteiger partial charge in [-0.1, -0.05) is 40.4 Å². The normalized spacial score (nSPS) is 12.7. The highest BCUT2D eigenvalue weighted by molar-refractivity contribution is 6.76. The van der Waals surface area contributed by atoms with Gasteiger partial charge in [-0.15, -0.1) is 5.10 Å². The van der Waals surface area contributed by atoms with Gasteiger partial charge in [-0.05, 0) is 29.7 Å². The zero-order valence-electron chi connectivity index (χ0n) is 21.0. The van der Waals surface area contributed by atoms with Crippen molar-refractivity contribution >= 4 is 8.07 Å². The quantitative estimate of drug-likeness (QED) is 0.255. The third-order valence-electron chi connectivity index (χ3n) is 4.84. The molecule has 0 aromatic carbocycles. The summed E-state index contributed by atoms with van der Waals surface area (Å²) in [6.45, 7) is 13.3. The fourth-order valence-corrected chi connectivity index (χ4v) is 3.65. The zero-order chi connectivity index (χ0) is 25.9. The molecule has 190 valence electrons. The van der Waals surface area contributed by atoms with Crippen LogP contribution in [0.25, 0.3) is 22.6 Å². The van der Waals surface area contributed by atoms with E-state index in [9.17, 15) is 13.2 Å². The molecule has 35 heavy (non-hydrogen) atoms. The highest BCUT2D eigenvalue weighted by Crippen LogP contribution is 2.30. The molecule has 0 saturated heterocycles. The van der Waals surface area contributed by atoms with Crippen LogP contribution in [-0.4, -0.2) is 46.0 Å². The average molecular weight is 508 g/mol. The van der Waals surface area contributed by atoms with Gasteiger partial charge < -0.3 is 9.47 Å². The van der Waals surface area contributed by atoms with Crippen molar-refractivity contribution in [1.82, 2.24) is 24.7 Å². The summed E-state index contributed by atoms with van der Waals surface area (Å²) in [6, 6.07) is 7.77. The van der Waals surface area contributed by atoms with Gasteiger partial charge in [0.15, 0.2) is 5.82 Å². The van der Waals surface area contributed by atoms with Gasteiger partial charge in [-0.3, -0.25) is 4.98 Å². The first-order valence-electron chi connectivity index (χ1n) is 11.4. The molecule has 0 aliphatic carbocycles. The summed E-state index contributed by atoms with van der Waals surface area (Å²) in [5.41, 5.74) is 1.77. The zero-order valence-corrected chi connectivity index (χ0v) is 22.0. The van der Waals surface area contributed by atoms with Crippen molar-refractivity contribution in [3.8, 4) is 28.5 Å². The Balaban J connectivity index is 1.73. The number of ether oxygens (including phenoxy) is 2. The van der Waals surface area contributed by atoms with Crippen LogP contribution in [0.4, 0.5) is 13.2 Å². The van der Waals surface area contributed by atoms with Crippen molar-refractivity contribution < 1.29 is 22.6 Å². The Morgan fingerprint density at radius 3 is 2.17 bits per heavy atom. The first kappa shape index (κ1) is 26.8. The Bertz CT molecular complexity index is 1100. The fraction of sp³-hybridized carbons (Fsp3) is 0.500. The molecular weight excluding hydrogens is 475 g/mol. The van der Waals surface area contributed by atoms with E-state index in [4.69, 9.17) is 9.47 Å². The van der Waals surface area contributed by atoms with Crippen LogP contribution in [0.15, 0.2) is 36.7 Å². The first-order valence-corrected chi connectivity index (χ1v) is 15.1. The van der Waals surface area contributed by atoms with Crippen LogP contribution in [0, 0.1) is 5.41 Å². The number of rotatable bonds is 9. The number of hydrogen-bond acceptors (Lipinski definition) is 6. The summed E-state index contributed by atoms with van der Waals surface area (Å²) in [4.78, 5) is 12.4. The van der Waals surface area contributed by atoms with Gasteiger partial charge in [0.05, 0.1) is 12.3 Å². The van der Waals surface area contributed by atoms with E-state index in [-0.39, 0.29) is 18.0 Å². The van der Waals surface area contributed by atoms with Crippen molar-refractivity contribution in [2.24, 2.45) is 5.41 Å². The van der Waals surface area contributed by atoms with Crippen molar-refractivity contribution in [3.63, 3.8) is 0 Å². The van der Waals surface area contributed by atoms with E-state index >= 15 is 0 Å². The largest absolute Gasteiger partial charge is 0.477 e. The van der Waals surface area contributed by atoms with Crippen LogP contribution < -0.4 is 4.74 Å². The summed E-state index contributed by atoms with van der Waals surface area (Å²) in [6.07, 6.45) is -1.55. The lowest BCUT2D eigenvalue weighted by Crippen LogP contribution is -2.23. The maximum absolute atomic E-state index is 13.5. The Morgan fingerprint density at radius 2 is 1.63 bits per heavy atom. The molecule has 11 heteroatoms. The molecule has 0 radical (unpaired) electrons. The molecule has 0 fully saturated rings. The van der Waals surface area contributed by atoms with E-state index in [1.54, 1.807) is 24.4 Å². The number of halogens is 3. The predicted molar refractivity (Wildman–Crippen MR) is 131 cm³/mol. The summed E-state index contributed by atoms with van der Waals surface area (Å²) in [5, 5.41) is 4.04. The van der Waals surface area contributed by atoms with Crippen LogP contribution in [0.1, 0.15) is 26.6 Å². The molecule has 3 aromatic rings. The third kappa shape index (κ3) is 8.13. The van der Waals surface area contributed by atoms with Crippen molar-refractivity contribution in [2.75, 3.05) is 13.2 Å². The van der Waals surface area contributed by atoms with Crippen LogP contribution in [-0.2, 0) is 17.6 Å². The smallest absolute Gasteiger partial charge is 0.451 e. The number of alkyl halides is 3.